The van der Waals surface area contributed by atoms with Crippen LogP contribution in [-0.4, -0.2) is 0 Å². The summed E-state index contributed by atoms with van der Waals surface area (Å²) in [6.07, 6.45) is 0. The van der Waals surface area contributed by atoms with Crippen molar-refractivity contribution in [1.29, 1.82) is 0 Å². The molecule has 0 heterocycles. The lowest BCUT2D eigenvalue weighted by atomic mass is 9.85. The first-order valence-electron chi connectivity index (χ1n) is 10.2. The van der Waals surface area contributed by atoms with Crippen molar-refractivity contribution >= 4 is 21.5 Å². The summed E-state index contributed by atoms with van der Waals surface area (Å²) in [6, 6.07) is 27.3. The summed E-state index contributed by atoms with van der Waals surface area (Å²) in [5.41, 5.74) is 5.67. The van der Waals surface area contributed by atoms with Crippen LogP contribution in [0.2, 0.25) is 0 Å². The summed E-state index contributed by atoms with van der Waals surface area (Å²) < 4.78 is 0. The largest absolute Gasteiger partial charge is 0.0776 e. The van der Waals surface area contributed by atoms with Gasteiger partial charge in [0.05, 0.1) is 0 Å². The molecule has 0 spiro atoms. The zero-order valence-electron chi connectivity index (χ0n) is 17.9. The van der Waals surface area contributed by atoms with Crippen LogP contribution in [0.4, 0.5) is 0 Å². The summed E-state index contributed by atoms with van der Waals surface area (Å²) in [7, 11) is 0. The fourth-order valence-corrected chi connectivity index (χ4v) is 3.78. The van der Waals surface area contributed by atoms with Crippen molar-refractivity contribution in [1.82, 2.24) is 0 Å². The van der Waals surface area contributed by atoms with Gasteiger partial charge in [0.2, 0.25) is 0 Å². The van der Waals surface area contributed by atoms with E-state index in [1.807, 2.05) is 0 Å². The third-order valence-electron chi connectivity index (χ3n) is 5.75. The molecule has 0 aliphatic carbocycles. The molecule has 0 unspecified atom stereocenters. The van der Waals surface area contributed by atoms with Crippen molar-refractivity contribution in [2.75, 3.05) is 0 Å². The topological polar surface area (TPSA) is 0 Å². The van der Waals surface area contributed by atoms with E-state index in [2.05, 4.69) is 114 Å². The number of rotatable bonds is 1. The zero-order valence-corrected chi connectivity index (χ0v) is 17.9. The van der Waals surface area contributed by atoms with E-state index < -0.39 is 0 Å². The Balaban J connectivity index is 0.00000240. The molecule has 0 aliphatic rings. The van der Waals surface area contributed by atoms with Crippen LogP contribution in [0.25, 0.3) is 32.7 Å². The van der Waals surface area contributed by atoms with E-state index in [4.69, 9.17) is 0 Å². The first-order chi connectivity index (χ1) is 13.1. The molecule has 0 amide bonds. The van der Waals surface area contributed by atoms with Crippen molar-refractivity contribution < 1.29 is 0 Å². The SMILES string of the molecule is C.CC(C)(C)c1ccc2cc(-c3ccc4cc(C(C)(C)C)ccc4c3)ccc2c1. The minimum Gasteiger partial charge on any atom is -0.0776 e. The fraction of sp³-hybridized carbons (Fsp3) is 0.310. The van der Waals surface area contributed by atoms with Crippen LogP contribution in [0.3, 0.4) is 0 Å². The molecule has 0 aromatic heterocycles. The van der Waals surface area contributed by atoms with Crippen molar-refractivity contribution in [2.45, 2.75) is 59.8 Å². The van der Waals surface area contributed by atoms with Gasteiger partial charge in [-0.15, -0.1) is 0 Å². The second kappa shape index (κ2) is 7.34. The van der Waals surface area contributed by atoms with Gasteiger partial charge in [0.25, 0.3) is 0 Å². The van der Waals surface area contributed by atoms with Gasteiger partial charge in [0.1, 0.15) is 0 Å². The fourth-order valence-electron chi connectivity index (χ4n) is 3.78. The van der Waals surface area contributed by atoms with Gasteiger partial charge in [-0.25, -0.2) is 0 Å². The molecule has 0 bridgehead atoms. The predicted octanol–water partition coefficient (Wildman–Crippen LogP) is 8.89. The minimum absolute atomic E-state index is 0. The number of hydrogen-bond acceptors (Lipinski definition) is 0. The molecule has 29 heavy (non-hydrogen) atoms. The summed E-state index contributed by atoms with van der Waals surface area (Å²) in [5, 5.41) is 5.22. The highest BCUT2D eigenvalue weighted by molar-refractivity contribution is 5.92. The van der Waals surface area contributed by atoms with Gasteiger partial charge in [-0.1, -0.05) is 110 Å². The van der Waals surface area contributed by atoms with Gasteiger partial charge >= 0.3 is 0 Å². The lowest BCUT2D eigenvalue weighted by molar-refractivity contribution is 0.591. The van der Waals surface area contributed by atoms with E-state index in [1.165, 1.54) is 43.8 Å². The Morgan fingerprint density at radius 1 is 0.414 bits per heavy atom. The van der Waals surface area contributed by atoms with Crippen molar-refractivity contribution in [3.63, 3.8) is 0 Å². The van der Waals surface area contributed by atoms with E-state index >= 15 is 0 Å². The van der Waals surface area contributed by atoms with Crippen molar-refractivity contribution in [3.05, 3.63) is 83.9 Å². The molecule has 0 saturated carbocycles. The van der Waals surface area contributed by atoms with Gasteiger partial charge in [0.15, 0.2) is 0 Å². The molecule has 0 nitrogen and oxygen atoms in total. The lowest BCUT2D eigenvalue weighted by Gasteiger charge is -2.20. The predicted molar refractivity (Wildman–Crippen MR) is 131 cm³/mol. The highest BCUT2D eigenvalue weighted by atomic mass is 14.2. The Morgan fingerprint density at radius 2 is 0.724 bits per heavy atom. The summed E-state index contributed by atoms with van der Waals surface area (Å²) >= 11 is 0. The molecule has 0 saturated heterocycles. The molecule has 150 valence electrons. The van der Waals surface area contributed by atoms with Crippen LogP contribution in [0, 0.1) is 0 Å². The first kappa shape index (κ1) is 21.1. The van der Waals surface area contributed by atoms with E-state index in [1.54, 1.807) is 0 Å². The Kier molecular flexibility index (Phi) is 5.34. The number of hydrogen-bond donors (Lipinski definition) is 0. The molecule has 0 N–H and O–H groups in total. The molecule has 4 aromatic rings. The molecule has 0 heteroatoms. The van der Waals surface area contributed by atoms with Gasteiger partial charge < -0.3 is 0 Å². The smallest absolute Gasteiger partial charge is 0.0132 e. The molecule has 0 radical (unpaired) electrons. The van der Waals surface area contributed by atoms with Crippen LogP contribution in [0.1, 0.15) is 60.1 Å². The monoisotopic (exact) mass is 382 g/mol. The van der Waals surface area contributed by atoms with E-state index in [-0.39, 0.29) is 18.3 Å². The minimum atomic E-state index is 0. The summed E-state index contributed by atoms with van der Waals surface area (Å²) in [5.74, 6) is 0. The number of fused-ring (bicyclic) bond motifs is 2. The summed E-state index contributed by atoms with van der Waals surface area (Å²) in [6.45, 7) is 13.6. The third kappa shape index (κ3) is 4.22. The van der Waals surface area contributed by atoms with Gasteiger partial charge in [-0.3, -0.25) is 0 Å². The molecule has 4 aromatic carbocycles. The van der Waals surface area contributed by atoms with Crippen molar-refractivity contribution in [3.8, 4) is 11.1 Å². The molecule has 0 atom stereocenters. The second-order valence-electron chi connectivity index (χ2n) is 10.1. The van der Waals surface area contributed by atoms with Gasteiger partial charge in [-0.05, 0) is 66.8 Å². The third-order valence-corrected chi connectivity index (χ3v) is 5.75. The summed E-state index contributed by atoms with van der Waals surface area (Å²) in [4.78, 5) is 0. The van der Waals surface area contributed by atoms with Crippen molar-refractivity contribution in [2.24, 2.45) is 0 Å². The Hall–Kier alpha value is -2.60. The first-order valence-corrected chi connectivity index (χ1v) is 10.2. The lowest BCUT2D eigenvalue weighted by Crippen LogP contribution is -2.10. The van der Waals surface area contributed by atoms with Crippen LogP contribution in [0.15, 0.2) is 72.8 Å². The highest BCUT2D eigenvalue weighted by Gasteiger charge is 2.15. The van der Waals surface area contributed by atoms with Gasteiger partial charge in [-0.2, -0.15) is 0 Å². The Morgan fingerprint density at radius 3 is 1.07 bits per heavy atom. The second-order valence-corrected chi connectivity index (χ2v) is 10.1. The molecular weight excluding hydrogens is 348 g/mol. The maximum Gasteiger partial charge on any atom is -0.0132 e. The van der Waals surface area contributed by atoms with Crippen LogP contribution in [0.5, 0.6) is 0 Å². The van der Waals surface area contributed by atoms with Crippen LogP contribution in [-0.2, 0) is 10.8 Å². The molecular formula is C29H34. The Labute approximate surface area is 176 Å². The van der Waals surface area contributed by atoms with E-state index in [0.29, 0.717) is 0 Å². The normalized spacial score (nSPS) is 12.2. The maximum absolute atomic E-state index is 2.33. The van der Waals surface area contributed by atoms with Crippen LogP contribution < -0.4 is 0 Å². The molecule has 0 aliphatic heterocycles. The van der Waals surface area contributed by atoms with E-state index in [0.717, 1.165) is 0 Å². The van der Waals surface area contributed by atoms with Crippen LogP contribution >= 0.6 is 0 Å². The standard InChI is InChI=1S/C28H30.CH4/c1-27(2,3)25-13-11-21-15-19(7-9-23(21)17-25)20-8-10-24-18-26(28(4,5)6)14-12-22(24)16-20;/h7-18H,1-6H3;1H4. The Bertz CT molecular complexity index is 1070. The van der Waals surface area contributed by atoms with Gasteiger partial charge in [0, 0.05) is 0 Å². The quantitative estimate of drug-likeness (QED) is 0.308. The molecule has 4 rings (SSSR count). The van der Waals surface area contributed by atoms with E-state index in [9.17, 15) is 0 Å². The zero-order chi connectivity index (χ0) is 20.1. The average Bonchev–Trinajstić information content (AvgIpc) is 2.65. The highest BCUT2D eigenvalue weighted by Crippen LogP contribution is 2.32. The molecule has 0 fully saturated rings. The maximum atomic E-state index is 2.33. The average molecular weight is 383 g/mol. The number of benzene rings is 4.